The summed E-state index contributed by atoms with van der Waals surface area (Å²) in [5, 5.41) is 8.90. The maximum absolute atomic E-state index is 11.9. The highest BCUT2D eigenvalue weighted by Crippen LogP contribution is 2.17. The molecule has 0 spiro atoms. The Bertz CT molecular complexity index is 585. The minimum atomic E-state index is -3.19. The first kappa shape index (κ1) is 14.8. The van der Waals surface area contributed by atoms with Crippen molar-refractivity contribution in [1.82, 2.24) is 0 Å². The SMILES string of the molecule is N#Cc1ccccc1OCCS(=O)(=O)CC1CCCO1. The number of benzene rings is 1. The Hall–Kier alpha value is -1.58. The summed E-state index contributed by atoms with van der Waals surface area (Å²) in [5.41, 5.74) is 0.407. The summed E-state index contributed by atoms with van der Waals surface area (Å²) in [7, 11) is -3.19. The van der Waals surface area contributed by atoms with Crippen LogP contribution in [-0.4, -0.2) is 39.2 Å². The molecule has 0 bridgehead atoms. The predicted molar refractivity (Wildman–Crippen MR) is 74.3 cm³/mol. The van der Waals surface area contributed by atoms with Crippen LogP contribution < -0.4 is 4.74 Å². The van der Waals surface area contributed by atoms with Crippen LogP contribution in [0.15, 0.2) is 24.3 Å². The molecule has 1 aromatic carbocycles. The molecular formula is C14H17NO4S. The van der Waals surface area contributed by atoms with E-state index in [1.165, 1.54) is 0 Å². The van der Waals surface area contributed by atoms with E-state index in [1.807, 2.05) is 6.07 Å². The van der Waals surface area contributed by atoms with E-state index in [0.29, 0.717) is 17.9 Å². The van der Waals surface area contributed by atoms with Crippen LogP contribution >= 0.6 is 0 Å². The van der Waals surface area contributed by atoms with Gasteiger partial charge in [0.05, 0.1) is 23.2 Å². The third kappa shape index (κ3) is 4.22. The Morgan fingerprint density at radius 1 is 1.40 bits per heavy atom. The number of nitriles is 1. The van der Waals surface area contributed by atoms with Crippen molar-refractivity contribution in [3.05, 3.63) is 29.8 Å². The van der Waals surface area contributed by atoms with Gasteiger partial charge in [-0.15, -0.1) is 0 Å². The van der Waals surface area contributed by atoms with Crippen LogP contribution in [0.5, 0.6) is 5.75 Å². The van der Waals surface area contributed by atoms with E-state index >= 15 is 0 Å². The first-order chi connectivity index (χ1) is 9.61. The van der Waals surface area contributed by atoms with Gasteiger partial charge in [0.1, 0.15) is 18.4 Å². The number of ether oxygens (including phenoxy) is 2. The van der Waals surface area contributed by atoms with Gasteiger partial charge in [0.2, 0.25) is 0 Å². The maximum Gasteiger partial charge on any atom is 0.156 e. The summed E-state index contributed by atoms with van der Waals surface area (Å²) in [6.45, 7) is 0.694. The second kappa shape index (κ2) is 6.73. The van der Waals surface area contributed by atoms with Crippen LogP contribution in [0.3, 0.4) is 0 Å². The van der Waals surface area contributed by atoms with Gasteiger partial charge in [-0.05, 0) is 25.0 Å². The zero-order valence-corrected chi connectivity index (χ0v) is 11.9. The molecule has 20 heavy (non-hydrogen) atoms. The highest BCUT2D eigenvalue weighted by atomic mass is 32.2. The van der Waals surface area contributed by atoms with E-state index in [4.69, 9.17) is 14.7 Å². The molecule has 0 saturated carbocycles. The van der Waals surface area contributed by atoms with Gasteiger partial charge < -0.3 is 9.47 Å². The van der Waals surface area contributed by atoms with Crippen molar-refractivity contribution in [2.75, 3.05) is 24.7 Å². The molecule has 1 saturated heterocycles. The fourth-order valence-electron chi connectivity index (χ4n) is 2.11. The number of para-hydroxylation sites is 1. The zero-order chi connectivity index (χ0) is 14.4. The number of hydrogen-bond acceptors (Lipinski definition) is 5. The molecule has 1 aliphatic rings. The fourth-order valence-corrected chi connectivity index (χ4v) is 3.44. The summed E-state index contributed by atoms with van der Waals surface area (Å²) in [4.78, 5) is 0. The molecule has 0 aromatic heterocycles. The first-order valence-electron chi connectivity index (χ1n) is 6.55. The quantitative estimate of drug-likeness (QED) is 0.795. The molecule has 0 radical (unpaired) electrons. The van der Waals surface area contributed by atoms with Gasteiger partial charge in [-0.2, -0.15) is 5.26 Å². The van der Waals surface area contributed by atoms with E-state index in [9.17, 15) is 8.42 Å². The van der Waals surface area contributed by atoms with Crippen LogP contribution in [-0.2, 0) is 14.6 Å². The second-order valence-corrected chi connectivity index (χ2v) is 6.93. The Morgan fingerprint density at radius 3 is 2.90 bits per heavy atom. The molecule has 1 unspecified atom stereocenters. The van der Waals surface area contributed by atoms with Crippen LogP contribution in [0.4, 0.5) is 0 Å². The fraction of sp³-hybridized carbons (Fsp3) is 0.500. The lowest BCUT2D eigenvalue weighted by Gasteiger charge is -2.11. The van der Waals surface area contributed by atoms with Gasteiger partial charge in [0.15, 0.2) is 9.84 Å². The van der Waals surface area contributed by atoms with Crippen molar-refractivity contribution in [3.63, 3.8) is 0 Å². The van der Waals surface area contributed by atoms with Gasteiger partial charge in [0, 0.05) is 6.61 Å². The summed E-state index contributed by atoms with van der Waals surface area (Å²) < 4.78 is 34.5. The molecule has 1 fully saturated rings. The molecule has 1 atom stereocenters. The lowest BCUT2D eigenvalue weighted by Crippen LogP contribution is -2.25. The van der Waals surface area contributed by atoms with Crippen molar-refractivity contribution in [2.24, 2.45) is 0 Å². The monoisotopic (exact) mass is 295 g/mol. The third-order valence-corrected chi connectivity index (χ3v) is 4.79. The lowest BCUT2D eigenvalue weighted by molar-refractivity contribution is 0.127. The lowest BCUT2D eigenvalue weighted by atomic mass is 10.2. The van der Waals surface area contributed by atoms with Gasteiger partial charge in [-0.25, -0.2) is 8.42 Å². The third-order valence-electron chi connectivity index (χ3n) is 3.12. The van der Waals surface area contributed by atoms with Crippen molar-refractivity contribution >= 4 is 9.84 Å². The van der Waals surface area contributed by atoms with Crippen molar-refractivity contribution in [1.29, 1.82) is 5.26 Å². The Morgan fingerprint density at radius 2 is 2.20 bits per heavy atom. The molecule has 108 valence electrons. The molecule has 1 aromatic rings. The molecule has 1 heterocycles. The molecule has 0 aliphatic carbocycles. The van der Waals surface area contributed by atoms with Crippen LogP contribution in [0.25, 0.3) is 0 Å². The molecule has 0 amide bonds. The highest BCUT2D eigenvalue weighted by Gasteiger charge is 2.23. The topological polar surface area (TPSA) is 76.4 Å². The Labute approximate surface area is 119 Å². The molecular weight excluding hydrogens is 278 g/mol. The normalized spacial score (nSPS) is 18.6. The average Bonchev–Trinajstić information content (AvgIpc) is 2.91. The molecule has 0 N–H and O–H groups in total. The van der Waals surface area contributed by atoms with Gasteiger partial charge in [-0.3, -0.25) is 0 Å². The summed E-state index contributed by atoms with van der Waals surface area (Å²) in [5.74, 6) is 0.408. The standard InChI is InChI=1S/C14H17NO4S/c15-10-12-4-1-2-6-14(12)19-8-9-20(16,17)11-13-5-3-7-18-13/h1-2,4,6,13H,3,5,7-9,11H2. The molecule has 5 nitrogen and oxygen atoms in total. The van der Waals surface area contributed by atoms with E-state index in [-0.39, 0.29) is 24.2 Å². The van der Waals surface area contributed by atoms with Crippen LogP contribution in [0, 0.1) is 11.3 Å². The maximum atomic E-state index is 11.9. The second-order valence-electron chi connectivity index (χ2n) is 4.71. The molecule has 2 rings (SSSR count). The first-order valence-corrected chi connectivity index (χ1v) is 8.37. The zero-order valence-electron chi connectivity index (χ0n) is 11.1. The van der Waals surface area contributed by atoms with Crippen molar-refractivity contribution in [3.8, 4) is 11.8 Å². The van der Waals surface area contributed by atoms with Crippen LogP contribution in [0.2, 0.25) is 0 Å². The largest absolute Gasteiger partial charge is 0.491 e. The number of hydrogen-bond donors (Lipinski definition) is 0. The van der Waals surface area contributed by atoms with Crippen molar-refractivity contribution in [2.45, 2.75) is 18.9 Å². The van der Waals surface area contributed by atoms with E-state index < -0.39 is 9.84 Å². The number of nitrogens with zero attached hydrogens (tertiary/aromatic N) is 1. The Kier molecular flexibility index (Phi) is 4.99. The smallest absolute Gasteiger partial charge is 0.156 e. The highest BCUT2D eigenvalue weighted by molar-refractivity contribution is 7.91. The number of rotatable bonds is 6. The predicted octanol–water partition coefficient (Wildman–Crippen LogP) is 1.53. The summed E-state index contributed by atoms with van der Waals surface area (Å²) in [6, 6.07) is 8.78. The van der Waals surface area contributed by atoms with E-state index in [0.717, 1.165) is 12.8 Å². The number of sulfone groups is 1. The van der Waals surface area contributed by atoms with E-state index in [1.54, 1.807) is 24.3 Å². The van der Waals surface area contributed by atoms with Gasteiger partial charge in [0.25, 0.3) is 0 Å². The average molecular weight is 295 g/mol. The van der Waals surface area contributed by atoms with Gasteiger partial charge in [-0.1, -0.05) is 12.1 Å². The van der Waals surface area contributed by atoms with Crippen LogP contribution in [0.1, 0.15) is 18.4 Å². The molecule has 6 heteroatoms. The van der Waals surface area contributed by atoms with E-state index in [2.05, 4.69) is 0 Å². The minimum absolute atomic E-state index is 0.0494. The molecule has 1 aliphatic heterocycles. The summed E-state index contributed by atoms with van der Waals surface area (Å²) in [6.07, 6.45) is 1.55. The van der Waals surface area contributed by atoms with Gasteiger partial charge >= 0.3 is 0 Å². The Balaban J connectivity index is 1.84. The van der Waals surface area contributed by atoms with Crippen molar-refractivity contribution < 1.29 is 17.9 Å². The summed E-state index contributed by atoms with van der Waals surface area (Å²) >= 11 is 0. The minimum Gasteiger partial charge on any atom is -0.491 e.